The number of nitrogens with zero attached hydrogens (tertiary/aromatic N) is 3. The lowest BCUT2D eigenvalue weighted by Crippen LogP contribution is -2.24. The van der Waals surface area contributed by atoms with Crippen molar-refractivity contribution in [3.63, 3.8) is 0 Å². The molecule has 0 radical (unpaired) electrons. The molecular formula is C23H19BrN4O2. The number of rotatable bonds is 6. The second-order valence-corrected chi connectivity index (χ2v) is 8.13. The number of carbonyl (C=O) groups excluding carboxylic acids is 1. The molecule has 6 nitrogen and oxygen atoms in total. The molecule has 1 saturated carbocycles. The second-order valence-electron chi connectivity index (χ2n) is 7.28. The maximum absolute atomic E-state index is 12.8. The number of para-hydroxylation sites is 1. The van der Waals surface area contributed by atoms with Crippen LogP contribution in [0.15, 0.2) is 71.6 Å². The van der Waals surface area contributed by atoms with Gasteiger partial charge in [0.2, 0.25) is 0 Å². The van der Waals surface area contributed by atoms with Crippen molar-refractivity contribution in [2.24, 2.45) is 0 Å². The molecule has 5 rings (SSSR count). The first-order chi connectivity index (χ1) is 14.7. The van der Waals surface area contributed by atoms with E-state index in [1.807, 2.05) is 60.8 Å². The number of aromatic nitrogens is 3. The van der Waals surface area contributed by atoms with Gasteiger partial charge in [0.15, 0.2) is 0 Å². The van der Waals surface area contributed by atoms with Crippen LogP contribution in [0, 0.1) is 0 Å². The summed E-state index contributed by atoms with van der Waals surface area (Å²) in [4.78, 5) is 21.5. The van der Waals surface area contributed by atoms with Gasteiger partial charge in [-0.3, -0.25) is 4.79 Å². The maximum Gasteiger partial charge on any atom is 0.271 e. The number of carbonyl (C=O) groups is 1. The summed E-state index contributed by atoms with van der Waals surface area (Å²) in [5, 5.41) is 3.72. The Bertz CT molecular complexity index is 1200. The van der Waals surface area contributed by atoms with Gasteiger partial charge in [-0.2, -0.15) is 0 Å². The van der Waals surface area contributed by atoms with Crippen molar-refractivity contribution < 1.29 is 9.53 Å². The Hall–Kier alpha value is -3.19. The summed E-state index contributed by atoms with van der Waals surface area (Å²) in [5.41, 5.74) is 2.16. The fourth-order valence-electron chi connectivity index (χ4n) is 3.41. The van der Waals surface area contributed by atoms with E-state index < -0.39 is 0 Å². The van der Waals surface area contributed by atoms with E-state index in [0.29, 0.717) is 18.3 Å². The minimum atomic E-state index is -0.221. The van der Waals surface area contributed by atoms with Crippen molar-refractivity contribution >= 4 is 32.9 Å². The molecule has 0 bridgehead atoms. The quantitative estimate of drug-likeness (QED) is 0.424. The van der Waals surface area contributed by atoms with Crippen molar-refractivity contribution in [3.8, 4) is 11.5 Å². The van der Waals surface area contributed by atoms with E-state index in [2.05, 4.69) is 35.8 Å². The average molecular weight is 463 g/mol. The number of benzene rings is 2. The fourth-order valence-corrected chi connectivity index (χ4v) is 3.99. The van der Waals surface area contributed by atoms with Gasteiger partial charge in [0, 0.05) is 23.3 Å². The molecule has 0 saturated heterocycles. The van der Waals surface area contributed by atoms with E-state index in [9.17, 15) is 4.79 Å². The number of amides is 1. The molecule has 1 amide bonds. The van der Waals surface area contributed by atoms with Crippen molar-refractivity contribution in [3.05, 3.63) is 82.9 Å². The third kappa shape index (κ3) is 3.80. The highest BCUT2D eigenvalue weighted by atomic mass is 79.9. The van der Waals surface area contributed by atoms with E-state index in [4.69, 9.17) is 4.74 Å². The average Bonchev–Trinajstić information content (AvgIpc) is 3.57. The van der Waals surface area contributed by atoms with Gasteiger partial charge in [-0.1, -0.05) is 30.3 Å². The van der Waals surface area contributed by atoms with Crippen LogP contribution in [0.2, 0.25) is 0 Å². The largest absolute Gasteiger partial charge is 0.457 e. The van der Waals surface area contributed by atoms with Gasteiger partial charge in [0.05, 0.1) is 5.39 Å². The Morgan fingerprint density at radius 2 is 1.80 bits per heavy atom. The van der Waals surface area contributed by atoms with Crippen LogP contribution >= 0.6 is 15.9 Å². The van der Waals surface area contributed by atoms with Crippen LogP contribution in [0.1, 0.15) is 34.9 Å². The summed E-state index contributed by atoms with van der Waals surface area (Å²) in [5.74, 6) is 1.32. The normalized spacial score (nSPS) is 13.4. The molecule has 1 fully saturated rings. The molecule has 2 heterocycles. The molecule has 1 N–H and O–H groups in total. The molecule has 2 aromatic carbocycles. The number of hydrogen-bond donors (Lipinski definition) is 1. The Labute approximate surface area is 182 Å². The Kier molecular flexibility index (Phi) is 4.96. The molecule has 2 aromatic heterocycles. The summed E-state index contributed by atoms with van der Waals surface area (Å²) in [6.07, 6.45) is 5.75. The first-order valence-electron chi connectivity index (χ1n) is 9.80. The summed E-state index contributed by atoms with van der Waals surface area (Å²) < 4.78 is 8.78. The molecule has 7 heteroatoms. The van der Waals surface area contributed by atoms with E-state index in [-0.39, 0.29) is 5.91 Å². The van der Waals surface area contributed by atoms with Crippen LogP contribution in [-0.2, 0) is 6.54 Å². The van der Waals surface area contributed by atoms with Crippen LogP contribution < -0.4 is 10.1 Å². The van der Waals surface area contributed by atoms with Gasteiger partial charge in [0.1, 0.15) is 29.2 Å². The van der Waals surface area contributed by atoms with Crippen molar-refractivity contribution in [2.75, 3.05) is 0 Å². The van der Waals surface area contributed by atoms with E-state index in [1.54, 1.807) is 0 Å². The van der Waals surface area contributed by atoms with Crippen LogP contribution in [-0.4, -0.2) is 20.4 Å². The number of fused-ring (bicyclic) bond motifs is 1. The zero-order chi connectivity index (χ0) is 20.5. The molecule has 150 valence electrons. The van der Waals surface area contributed by atoms with Crippen molar-refractivity contribution in [1.82, 2.24) is 19.9 Å². The van der Waals surface area contributed by atoms with Gasteiger partial charge < -0.3 is 14.6 Å². The SMILES string of the molecule is O=C(NCc1ccc(Oc2ccccc2)cc1)c1ncnc2c1c(Br)cn2C1CC1. The summed E-state index contributed by atoms with van der Waals surface area (Å²) in [6, 6.07) is 17.8. The standard InChI is InChI=1S/C23H19BrN4O2/c24-19-13-28(16-8-9-16)22-20(19)21(26-14-27-22)23(29)25-12-15-6-10-18(11-7-15)30-17-4-2-1-3-5-17/h1-7,10-11,13-14,16H,8-9,12H2,(H,25,29). The van der Waals surface area contributed by atoms with Crippen LogP contribution in [0.25, 0.3) is 11.0 Å². The van der Waals surface area contributed by atoms with Crippen LogP contribution in [0.5, 0.6) is 11.5 Å². The Balaban J connectivity index is 1.28. The van der Waals surface area contributed by atoms with Gasteiger partial charge in [0.25, 0.3) is 5.91 Å². The fraction of sp³-hybridized carbons (Fsp3) is 0.174. The third-order valence-electron chi connectivity index (χ3n) is 5.07. The molecular weight excluding hydrogens is 444 g/mol. The molecule has 0 atom stereocenters. The first kappa shape index (κ1) is 18.8. The zero-order valence-corrected chi connectivity index (χ0v) is 17.7. The predicted octanol–water partition coefficient (Wildman–Crippen LogP) is 5.25. The lowest BCUT2D eigenvalue weighted by molar-refractivity contribution is 0.0947. The Morgan fingerprint density at radius 3 is 2.53 bits per heavy atom. The van der Waals surface area contributed by atoms with Gasteiger partial charge in [-0.05, 0) is 58.6 Å². The molecule has 0 unspecified atom stereocenters. The molecule has 0 spiro atoms. The topological polar surface area (TPSA) is 69.0 Å². The van der Waals surface area contributed by atoms with E-state index in [0.717, 1.165) is 45.4 Å². The molecule has 1 aliphatic carbocycles. The van der Waals surface area contributed by atoms with Crippen molar-refractivity contribution in [1.29, 1.82) is 0 Å². The highest BCUT2D eigenvalue weighted by Gasteiger charge is 2.28. The summed E-state index contributed by atoms with van der Waals surface area (Å²) >= 11 is 3.57. The number of hydrogen-bond acceptors (Lipinski definition) is 4. The molecule has 4 aromatic rings. The summed E-state index contributed by atoms with van der Waals surface area (Å²) in [6.45, 7) is 0.400. The first-order valence-corrected chi connectivity index (χ1v) is 10.6. The van der Waals surface area contributed by atoms with E-state index >= 15 is 0 Å². The monoisotopic (exact) mass is 462 g/mol. The lowest BCUT2D eigenvalue weighted by Gasteiger charge is -2.08. The number of nitrogens with one attached hydrogen (secondary N) is 1. The molecule has 1 aliphatic rings. The maximum atomic E-state index is 12.8. The van der Waals surface area contributed by atoms with Crippen molar-refractivity contribution in [2.45, 2.75) is 25.4 Å². The zero-order valence-electron chi connectivity index (χ0n) is 16.1. The minimum absolute atomic E-state index is 0.221. The van der Waals surface area contributed by atoms with Gasteiger partial charge in [-0.25, -0.2) is 9.97 Å². The second kappa shape index (κ2) is 7.91. The lowest BCUT2D eigenvalue weighted by atomic mass is 10.2. The third-order valence-corrected chi connectivity index (χ3v) is 5.68. The smallest absolute Gasteiger partial charge is 0.271 e. The van der Waals surface area contributed by atoms with Gasteiger partial charge >= 0.3 is 0 Å². The highest BCUT2D eigenvalue weighted by molar-refractivity contribution is 9.10. The number of ether oxygens (including phenoxy) is 1. The van der Waals surface area contributed by atoms with Gasteiger partial charge in [-0.15, -0.1) is 0 Å². The Morgan fingerprint density at radius 1 is 1.07 bits per heavy atom. The number of halogens is 1. The molecule has 30 heavy (non-hydrogen) atoms. The van der Waals surface area contributed by atoms with Crippen LogP contribution in [0.4, 0.5) is 0 Å². The van der Waals surface area contributed by atoms with Crippen LogP contribution in [0.3, 0.4) is 0 Å². The minimum Gasteiger partial charge on any atom is -0.457 e. The predicted molar refractivity (Wildman–Crippen MR) is 118 cm³/mol. The summed E-state index contributed by atoms with van der Waals surface area (Å²) in [7, 11) is 0. The highest BCUT2D eigenvalue weighted by Crippen LogP contribution is 2.40. The van der Waals surface area contributed by atoms with E-state index in [1.165, 1.54) is 6.33 Å². The molecule has 0 aliphatic heterocycles.